The van der Waals surface area contributed by atoms with Gasteiger partial charge in [0.05, 0.1) is 5.75 Å². The molecule has 1 amide bonds. The summed E-state index contributed by atoms with van der Waals surface area (Å²) in [5.41, 5.74) is 0.380. The number of carbonyl (C=O) groups excluding carboxylic acids is 1. The Morgan fingerprint density at radius 1 is 1.30 bits per heavy atom. The molecule has 1 fully saturated rings. The minimum atomic E-state index is -0.238. The molecule has 1 N–H and O–H groups in total. The van der Waals surface area contributed by atoms with E-state index >= 15 is 0 Å². The van der Waals surface area contributed by atoms with Crippen molar-refractivity contribution >= 4 is 50.3 Å². The Kier molecular flexibility index (Phi) is 6.38. The summed E-state index contributed by atoms with van der Waals surface area (Å²) in [4.78, 5) is 36.9. The van der Waals surface area contributed by atoms with Crippen molar-refractivity contribution in [2.24, 2.45) is 0 Å². The van der Waals surface area contributed by atoms with Crippen molar-refractivity contribution in [1.82, 2.24) is 19.7 Å². The van der Waals surface area contributed by atoms with Gasteiger partial charge in [0.25, 0.3) is 5.56 Å². The van der Waals surface area contributed by atoms with Gasteiger partial charge in [-0.25, -0.2) is 4.98 Å². The molecule has 0 bridgehead atoms. The third kappa shape index (κ3) is 4.51. The highest BCUT2D eigenvalue weighted by molar-refractivity contribution is 7.99. The lowest BCUT2D eigenvalue weighted by molar-refractivity contribution is -0.113. The lowest BCUT2D eigenvalue weighted by atomic mass is 10.1. The van der Waals surface area contributed by atoms with Gasteiger partial charge in [-0.15, -0.1) is 0 Å². The van der Waals surface area contributed by atoms with Crippen LogP contribution in [0.15, 0.2) is 20.5 Å². The summed E-state index contributed by atoms with van der Waals surface area (Å²) >= 11 is 2.65. The Balaban J connectivity index is 1.56. The summed E-state index contributed by atoms with van der Waals surface area (Å²) < 4.78 is 7.19. The van der Waals surface area contributed by atoms with Crippen LogP contribution in [0.25, 0.3) is 10.3 Å². The topological polar surface area (TPSA) is 106 Å². The molecule has 3 aromatic rings. The quantitative estimate of drug-likeness (QED) is 0.434. The van der Waals surface area contributed by atoms with Gasteiger partial charge in [-0.05, 0) is 32.6 Å². The number of nitrogens with zero attached hydrogens (tertiary/aromatic N) is 5. The van der Waals surface area contributed by atoms with E-state index in [0.717, 1.165) is 37.5 Å². The van der Waals surface area contributed by atoms with Crippen LogP contribution in [0, 0.1) is 6.92 Å². The highest BCUT2D eigenvalue weighted by Crippen LogP contribution is 2.29. The summed E-state index contributed by atoms with van der Waals surface area (Å²) in [5.74, 6) is 0.863. The largest absolute Gasteiger partial charge is 0.360 e. The first kappa shape index (κ1) is 20.9. The van der Waals surface area contributed by atoms with Crippen molar-refractivity contribution in [3.63, 3.8) is 0 Å². The first-order valence-corrected chi connectivity index (χ1v) is 11.9. The number of anilines is 2. The van der Waals surface area contributed by atoms with Crippen LogP contribution in [-0.4, -0.2) is 44.4 Å². The third-order valence-corrected chi connectivity index (χ3v) is 6.84. The second kappa shape index (κ2) is 9.17. The van der Waals surface area contributed by atoms with Crippen molar-refractivity contribution in [2.45, 2.75) is 51.2 Å². The second-order valence-corrected chi connectivity index (χ2v) is 9.13. The molecule has 3 aromatic heterocycles. The lowest BCUT2D eigenvalue weighted by Crippen LogP contribution is -2.29. The maximum atomic E-state index is 13.1. The molecule has 11 heteroatoms. The summed E-state index contributed by atoms with van der Waals surface area (Å²) in [6.45, 7) is 6.24. The molecule has 0 unspecified atom stereocenters. The van der Waals surface area contributed by atoms with Crippen LogP contribution < -0.4 is 15.8 Å². The van der Waals surface area contributed by atoms with E-state index < -0.39 is 0 Å². The van der Waals surface area contributed by atoms with E-state index in [9.17, 15) is 9.59 Å². The van der Waals surface area contributed by atoms with Crippen molar-refractivity contribution < 1.29 is 9.32 Å². The highest BCUT2D eigenvalue weighted by atomic mass is 32.2. The van der Waals surface area contributed by atoms with Gasteiger partial charge >= 0.3 is 0 Å². The van der Waals surface area contributed by atoms with E-state index in [1.807, 2.05) is 6.92 Å². The van der Waals surface area contributed by atoms with E-state index in [1.54, 1.807) is 17.6 Å². The number of piperidine rings is 1. The number of thiazole rings is 1. The normalized spacial score (nSPS) is 14.4. The molecule has 30 heavy (non-hydrogen) atoms. The fraction of sp³-hybridized carbons (Fsp3) is 0.526. The van der Waals surface area contributed by atoms with Crippen LogP contribution in [0.4, 0.5) is 10.9 Å². The minimum Gasteiger partial charge on any atom is -0.360 e. The number of nitrogens with one attached hydrogen (secondary N) is 1. The number of hydrogen-bond acceptors (Lipinski definition) is 9. The first-order chi connectivity index (χ1) is 14.5. The maximum Gasteiger partial charge on any atom is 0.273 e. The minimum absolute atomic E-state index is 0.0855. The van der Waals surface area contributed by atoms with Gasteiger partial charge in [-0.1, -0.05) is 35.2 Å². The van der Waals surface area contributed by atoms with E-state index in [1.165, 1.54) is 29.5 Å². The number of carbonyl (C=O) groups is 1. The molecule has 0 aliphatic carbocycles. The summed E-state index contributed by atoms with van der Waals surface area (Å²) in [6.07, 6.45) is 4.32. The first-order valence-electron chi connectivity index (χ1n) is 10.1. The van der Waals surface area contributed by atoms with Crippen molar-refractivity contribution in [2.75, 3.05) is 29.1 Å². The van der Waals surface area contributed by atoms with Crippen LogP contribution in [0.5, 0.6) is 0 Å². The predicted molar refractivity (Wildman–Crippen MR) is 119 cm³/mol. The molecular weight excluding hydrogens is 424 g/mol. The van der Waals surface area contributed by atoms with Crippen LogP contribution >= 0.6 is 23.1 Å². The van der Waals surface area contributed by atoms with Gasteiger partial charge in [-0.2, -0.15) is 4.98 Å². The van der Waals surface area contributed by atoms with Crippen LogP contribution in [-0.2, 0) is 11.3 Å². The maximum absolute atomic E-state index is 13.1. The fourth-order valence-corrected chi connectivity index (χ4v) is 5.18. The molecule has 0 aromatic carbocycles. The molecule has 1 saturated heterocycles. The lowest BCUT2D eigenvalue weighted by Gasteiger charge is -2.25. The van der Waals surface area contributed by atoms with E-state index in [-0.39, 0.29) is 17.2 Å². The molecule has 1 aliphatic rings. The van der Waals surface area contributed by atoms with Crippen molar-refractivity contribution in [1.29, 1.82) is 0 Å². The van der Waals surface area contributed by atoms with Gasteiger partial charge in [0.15, 0.2) is 21.8 Å². The van der Waals surface area contributed by atoms with Gasteiger partial charge in [0.1, 0.15) is 10.5 Å². The van der Waals surface area contributed by atoms with E-state index in [4.69, 9.17) is 4.52 Å². The molecule has 0 saturated carbocycles. The second-order valence-electron chi connectivity index (χ2n) is 7.21. The Morgan fingerprint density at radius 3 is 2.80 bits per heavy atom. The number of fused-ring (bicyclic) bond motifs is 1. The summed E-state index contributed by atoms with van der Waals surface area (Å²) in [7, 11) is 0. The van der Waals surface area contributed by atoms with Gasteiger partial charge in [-0.3, -0.25) is 14.2 Å². The van der Waals surface area contributed by atoms with Gasteiger partial charge in [0.2, 0.25) is 5.91 Å². The molecule has 0 spiro atoms. The highest BCUT2D eigenvalue weighted by Gasteiger charge is 2.20. The number of amides is 1. The number of aryl methyl sites for hydroxylation is 1. The molecule has 9 nitrogen and oxygen atoms in total. The van der Waals surface area contributed by atoms with Gasteiger partial charge < -0.3 is 14.7 Å². The summed E-state index contributed by atoms with van der Waals surface area (Å²) in [5, 5.41) is 7.81. The van der Waals surface area contributed by atoms with Crippen LogP contribution in [0.3, 0.4) is 0 Å². The molecule has 1 aliphatic heterocycles. The van der Waals surface area contributed by atoms with E-state index in [0.29, 0.717) is 33.6 Å². The number of hydrogen-bond donors (Lipinski definition) is 1. The Bertz CT molecular complexity index is 1100. The molecule has 4 rings (SSSR count). The number of aromatic nitrogens is 4. The Morgan fingerprint density at radius 2 is 2.10 bits per heavy atom. The average Bonchev–Trinajstić information content (AvgIpc) is 3.36. The zero-order valence-corrected chi connectivity index (χ0v) is 18.6. The molecule has 4 heterocycles. The van der Waals surface area contributed by atoms with Crippen LogP contribution in [0.1, 0.15) is 38.4 Å². The third-order valence-electron chi connectivity index (χ3n) is 4.77. The molecule has 160 valence electrons. The van der Waals surface area contributed by atoms with Gasteiger partial charge in [0, 0.05) is 25.7 Å². The average molecular weight is 449 g/mol. The molecule has 0 atom stereocenters. The molecule has 0 radical (unpaired) electrons. The number of thioether (sulfide) groups is 1. The fourth-order valence-electron chi connectivity index (χ4n) is 3.36. The monoisotopic (exact) mass is 448 g/mol. The standard InChI is InChI=1S/C19H24N6O3S2/c1-3-7-25-17(27)15-16(21-18(30-15)24-8-5-4-6-9-24)22-19(25)29-11-14(26)20-13-10-12(2)28-23-13/h10H,3-9,11H2,1-2H3,(H,20,23,26). The van der Waals surface area contributed by atoms with Crippen LogP contribution in [0.2, 0.25) is 0 Å². The zero-order valence-electron chi connectivity index (χ0n) is 17.0. The predicted octanol–water partition coefficient (Wildman–Crippen LogP) is 3.28. The van der Waals surface area contributed by atoms with E-state index in [2.05, 4.69) is 25.3 Å². The Labute approximate surface area is 181 Å². The zero-order chi connectivity index (χ0) is 21.1. The Hall–Kier alpha value is -2.40. The SMILES string of the molecule is CCCn1c(SCC(=O)Nc2cc(C)on2)nc2nc(N3CCCCC3)sc2c1=O. The smallest absolute Gasteiger partial charge is 0.273 e. The number of rotatable bonds is 7. The van der Waals surface area contributed by atoms with Crippen molar-refractivity contribution in [3.05, 3.63) is 22.2 Å². The van der Waals surface area contributed by atoms with Crippen molar-refractivity contribution in [3.8, 4) is 0 Å². The summed E-state index contributed by atoms with van der Waals surface area (Å²) in [6, 6.07) is 1.65. The molecular formula is C19H24N6O3S2.